The highest BCUT2D eigenvalue weighted by Crippen LogP contribution is 2.39. The van der Waals surface area contributed by atoms with Crippen LogP contribution in [0.2, 0.25) is 0 Å². The fraction of sp³-hybridized carbons (Fsp3) is 0.714. The molecule has 1 aliphatic heterocycles. The SMILES string of the molecule is Cn1cc(S(=O)(=O)N2CCCC3CCCC32)cc1CCl. The molecule has 1 saturated carbocycles. The second kappa shape index (κ2) is 5.35. The van der Waals surface area contributed by atoms with Crippen LogP contribution >= 0.6 is 11.6 Å². The van der Waals surface area contributed by atoms with Crippen LogP contribution in [0.1, 0.15) is 37.8 Å². The van der Waals surface area contributed by atoms with Crippen molar-refractivity contribution in [3.05, 3.63) is 18.0 Å². The molecule has 2 fully saturated rings. The third-order valence-corrected chi connectivity index (χ3v) is 6.93. The van der Waals surface area contributed by atoms with Gasteiger partial charge in [-0.1, -0.05) is 6.42 Å². The highest BCUT2D eigenvalue weighted by atomic mass is 35.5. The van der Waals surface area contributed by atoms with E-state index in [0.717, 1.165) is 25.0 Å². The standard InChI is InChI=1S/C14H21ClN2O2S/c1-16-10-13(8-12(16)9-15)20(18,19)17-7-3-5-11-4-2-6-14(11)17/h8,10-11,14H,2-7,9H2,1H3. The molecule has 112 valence electrons. The fourth-order valence-electron chi connectivity index (χ4n) is 3.69. The van der Waals surface area contributed by atoms with Gasteiger partial charge in [-0.25, -0.2) is 8.42 Å². The Balaban J connectivity index is 1.94. The van der Waals surface area contributed by atoms with Crippen LogP contribution in [-0.2, 0) is 23.0 Å². The van der Waals surface area contributed by atoms with E-state index >= 15 is 0 Å². The van der Waals surface area contributed by atoms with E-state index in [1.165, 1.54) is 12.8 Å². The van der Waals surface area contributed by atoms with Gasteiger partial charge in [-0.2, -0.15) is 4.31 Å². The first-order valence-corrected chi connectivity index (χ1v) is 9.24. The predicted molar refractivity (Wildman–Crippen MR) is 79.2 cm³/mol. The van der Waals surface area contributed by atoms with Crippen LogP contribution in [0.3, 0.4) is 0 Å². The quantitative estimate of drug-likeness (QED) is 0.805. The lowest BCUT2D eigenvalue weighted by molar-refractivity contribution is 0.202. The number of rotatable bonds is 3. The van der Waals surface area contributed by atoms with Gasteiger partial charge in [-0.05, 0) is 37.7 Å². The van der Waals surface area contributed by atoms with Crippen molar-refractivity contribution in [1.29, 1.82) is 0 Å². The van der Waals surface area contributed by atoms with Gasteiger partial charge in [-0.15, -0.1) is 11.6 Å². The summed E-state index contributed by atoms with van der Waals surface area (Å²) in [6.45, 7) is 0.661. The molecule has 1 aromatic heterocycles. The van der Waals surface area contributed by atoms with Crippen LogP contribution in [-0.4, -0.2) is 29.9 Å². The Morgan fingerprint density at radius 1 is 1.30 bits per heavy atom. The van der Waals surface area contributed by atoms with Gasteiger partial charge in [0.05, 0.1) is 5.88 Å². The van der Waals surface area contributed by atoms with Crippen LogP contribution in [0, 0.1) is 5.92 Å². The van der Waals surface area contributed by atoms with E-state index in [1.807, 2.05) is 7.05 Å². The molecule has 1 aliphatic carbocycles. The Hall–Kier alpha value is -0.520. The maximum absolute atomic E-state index is 12.9. The minimum absolute atomic E-state index is 0.216. The van der Waals surface area contributed by atoms with Crippen LogP contribution < -0.4 is 0 Å². The van der Waals surface area contributed by atoms with Gasteiger partial charge < -0.3 is 4.57 Å². The van der Waals surface area contributed by atoms with Crippen molar-refractivity contribution >= 4 is 21.6 Å². The molecule has 2 heterocycles. The maximum atomic E-state index is 12.9. The molecule has 0 bridgehead atoms. The first-order valence-electron chi connectivity index (χ1n) is 7.27. The molecule has 0 N–H and O–H groups in total. The van der Waals surface area contributed by atoms with Gasteiger partial charge in [0.2, 0.25) is 10.0 Å². The molecule has 6 heteroatoms. The number of fused-ring (bicyclic) bond motifs is 1. The predicted octanol–water partition coefficient (Wildman–Crippen LogP) is 2.72. The highest BCUT2D eigenvalue weighted by Gasteiger charge is 2.41. The van der Waals surface area contributed by atoms with Crippen LogP contribution in [0.15, 0.2) is 17.2 Å². The summed E-state index contributed by atoms with van der Waals surface area (Å²) in [4.78, 5) is 0.392. The molecular formula is C14H21ClN2O2S. The minimum Gasteiger partial charge on any atom is -0.352 e. The molecule has 20 heavy (non-hydrogen) atoms. The summed E-state index contributed by atoms with van der Waals surface area (Å²) in [5.41, 5.74) is 0.838. The van der Waals surface area contributed by atoms with Crippen LogP contribution in [0.25, 0.3) is 0 Å². The molecule has 0 spiro atoms. The summed E-state index contributed by atoms with van der Waals surface area (Å²) in [5, 5.41) is 0. The lowest BCUT2D eigenvalue weighted by atomic mass is 9.94. The Morgan fingerprint density at radius 3 is 2.75 bits per heavy atom. The number of hydrogen-bond donors (Lipinski definition) is 0. The monoisotopic (exact) mass is 316 g/mol. The molecule has 2 aliphatic rings. The maximum Gasteiger partial charge on any atom is 0.244 e. The number of halogens is 1. The van der Waals surface area contributed by atoms with E-state index in [0.29, 0.717) is 23.2 Å². The smallest absolute Gasteiger partial charge is 0.244 e. The van der Waals surface area contributed by atoms with Gasteiger partial charge >= 0.3 is 0 Å². The molecule has 1 saturated heterocycles. The number of aryl methyl sites for hydroxylation is 1. The van der Waals surface area contributed by atoms with Crippen LogP contribution in [0.5, 0.6) is 0 Å². The van der Waals surface area contributed by atoms with E-state index in [9.17, 15) is 8.42 Å². The van der Waals surface area contributed by atoms with E-state index in [-0.39, 0.29) is 6.04 Å². The zero-order valence-corrected chi connectivity index (χ0v) is 13.3. The summed E-state index contributed by atoms with van der Waals surface area (Å²) >= 11 is 5.84. The number of nitrogens with zero attached hydrogens (tertiary/aromatic N) is 2. The summed E-state index contributed by atoms with van der Waals surface area (Å²) < 4.78 is 29.3. The van der Waals surface area contributed by atoms with Crippen molar-refractivity contribution in [3.63, 3.8) is 0 Å². The third kappa shape index (κ3) is 2.30. The molecular weight excluding hydrogens is 296 g/mol. The Labute approximate surface area is 125 Å². The topological polar surface area (TPSA) is 42.3 Å². The molecule has 4 nitrogen and oxygen atoms in total. The Kier molecular flexibility index (Phi) is 3.86. The third-order valence-electron chi connectivity index (χ3n) is 4.77. The molecule has 0 radical (unpaired) electrons. The minimum atomic E-state index is -3.37. The summed E-state index contributed by atoms with van der Waals surface area (Å²) in [6.07, 6.45) is 7.19. The second-order valence-electron chi connectivity index (χ2n) is 5.93. The van der Waals surface area contributed by atoms with Gasteiger partial charge in [0.1, 0.15) is 4.90 Å². The van der Waals surface area contributed by atoms with Gasteiger partial charge in [0.25, 0.3) is 0 Å². The van der Waals surface area contributed by atoms with Gasteiger partial charge in [0, 0.05) is 31.5 Å². The molecule has 1 aromatic rings. The zero-order chi connectivity index (χ0) is 14.3. The molecule has 2 atom stereocenters. The highest BCUT2D eigenvalue weighted by molar-refractivity contribution is 7.89. The zero-order valence-electron chi connectivity index (χ0n) is 11.8. The average molecular weight is 317 g/mol. The van der Waals surface area contributed by atoms with Crippen LogP contribution in [0.4, 0.5) is 0 Å². The molecule has 3 rings (SSSR count). The lowest BCUT2D eigenvalue weighted by Gasteiger charge is -2.36. The number of piperidine rings is 1. The first kappa shape index (κ1) is 14.4. The van der Waals surface area contributed by atoms with Gasteiger partial charge in [-0.3, -0.25) is 0 Å². The molecule has 0 amide bonds. The lowest BCUT2D eigenvalue weighted by Crippen LogP contribution is -2.45. The van der Waals surface area contributed by atoms with Crippen molar-refractivity contribution in [1.82, 2.24) is 8.87 Å². The number of aromatic nitrogens is 1. The summed E-state index contributed by atoms with van der Waals surface area (Å²) in [6, 6.07) is 1.93. The van der Waals surface area contributed by atoms with Crippen molar-refractivity contribution in [2.45, 2.75) is 48.9 Å². The van der Waals surface area contributed by atoms with Crippen molar-refractivity contribution in [2.24, 2.45) is 13.0 Å². The Morgan fingerprint density at radius 2 is 2.05 bits per heavy atom. The molecule has 2 unspecified atom stereocenters. The van der Waals surface area contributed by atoms with E-state index in [1.54, 1.807) is 21.1 Å². The van der Waals surface area contributed by atoms with Gasteiger partial charge in [0.15, 0.2) is 0 Å². The van der Waals surface area contributed by atoms with Crippen molar-refractivity contribution in [2.75, 3.05) is 6.54 Å². The normalized spacial score (nSPS) is 27.7. The number of sulfonamides is 1. The van der Waals surface area contributed by atoms with E-state index < -0.39 is 10.0 Å². The fourth-order valence-corrected chi connectivity index (χ4v) is 5.81. The summed E-state index contributed by atoms with van der Waals surface area (Å²) in [5.74, 6) is 0.896. The Bertz CT molecular complexity index is 596. The summed E-state index contributed by atoms with van der Waals surface area (Å²) in [7, 11) is -1.54. The van der Waals surface area contributed by atoms with E-state index in [4.69, 9.17) is 11.6 Å². The largest absolute Gasteiger partial charge is 0.352 e. The molecule has 0 aromatic carbocycles. The average Bonchev–Trinajstić information content (AvgIpc) is 3.04. The first-order chi connectivity index (χ1) is 9.54. The number of alkyl halides is 1. The second-order valence-corrected chi connectivity index (χ2v) is 8.09. The van der Waals surface area contributed by atoms with Crippen molar-refractivity contribution in [3.8, 4) is 0 Å². The van der Waals surface area contributed by atoms with Crippen molar-refractivity contribution < 1.29 is 8.42 Å². The van der Waals surface area contributed by atoms with E-state index in [2.05, 4.69) is 0 Å². The number of hydrogen-bond acceptors (Lipinski definition) is 2.